The maximum atomic E-state index is 14.6. The van der Waals surface area contributed by atoms with Crippen LogP contribution in [0.3, 0.4) is 0 Å². The van der Waals surface area contributed by atoms with E-state index in [1.807, 2.05) is 0 Å². The third-order valence-corrected chi connectivity index (χ3v) is 5.63. The predicted molar refractivity (Wildman–Crippen MR) is 108 cm³/mol. The number of rotatable bonds is 3. The number of hydrogen-bond acceptors (Lipinski definition) is 5. The zero-order chi connectivity index (χ0) is 23.0. The minimum absolute atomic E-state index is 0.0800. The number of hydrogen-bond donors (Lipinski definition) is 1. The lowest BCUT2D eigenvalue weighted by Gasteiger charge is -2.30. The third-order valence-electron chi connectivity index (χ3n) is 5.46. The van der Waals surface area contributed by atoms with Gasteiger partial charge in [0, 0.05) is 24.2 Å². The van der Waals surface area contributed by atoms with Crippen LogP contribution in [0.1, 0.15) is 35.3 Å². The number of urea groups is 1. The summed E-state index contributed by atoms with van der Waals surface area (Å²) < 4.78 is 59.1. The summed E-state index contributed by atoms with van der Waals surface area (Å²) in [4.78, 5) is 24.4. The second-order valence-corrected chi connectivity index (χ2v) is 7.92. The zero-order valence-electron chi connectivity index (χ0n) is 17.0. The van der Waals surface area contributed by atoms with Crippen molar-refractivity contribution in [2.24, 2.45) is 0 Å². The van der Waals surface area contributed by atoms with Gasteiger partial charge in [0.2, 0.25) is 5.28 Å². The average molecular weight is 474 g/mol. The number of aromatic nitrogens is 2. The molecule has 0 spiro atoms. The van der Waals surface area contributed by atoms with Crippen LogP contribution in [-0.4, -0.2) is 52.1 Å². The summed E-state index contributed by atoms with van der Waals surface area (Å²) in [5, 5.41) is 2.86. The lowest BCUT2D eigenvalue weighted by molar-refractivity contribution is -0.140. The van der Waals surface area contributed by atoms with Crippen LogP contribution in [0.25, 0.3) is 0 Å². The third kappa shape index (κ3) is 4.44. The van der Waals surface area contributed by atoms with E-state index in [9.17, 15) is 22.4 Å². The number of alkyl halides is 3. The Labute approximate surface area is 186 Å². The van der Waals surface area contributed by atoms with Gasteiger partial charge in [-0.2, -0.15) is 13.2 Å². The number of nitrogens with zero attached hydrogens (tertiary/aromatic N) is 4. The summed E-state index contributed by atoms with van der Waals surface area (Å²) in [7, 11) is 0. The van der Waals surface area contributed by atoms with Gasteiger partial charge in [-0.15, -0.1) is 0 Å². The number of benzene rings is 1. The number of carbonyl (C=O) groups is 1. The molecule has 1 N–H and O–H groups in total. The summed E-state index contributed by atoms with van der Waals surface area (Å²) in [6.45, 7) is 3.82. The minimum atomic E-state index is -4.81. The fourth-order valence-corrected chi connectivity index (χ4v) is 4.01. The fourth-order valence-electron chi connectivity index (χ4n) is 3.82. The molecule has 2 amide bonds. The number of nitrogens with one attached hydrogen (secondary N) is 1. The summed E-state index contributed by atoms with van der Waals surface area (Å²) in [5.74, 6) is -1.09. The Kier molecular flexibility index (Phi) is 6.13. The van der Waals surface area contributed by atoms with Gasteiger partial charge in [-0.3, -0.25) is 0 Å². The minimum Gasteiger partial charge on any atom is -0.378 e. The van der Waals surface area contributed by atoms with Gasteiger partial charge in [-0.05, 0) is 24.6 Å². The number of morpholine rings is 1. The van der Waals surface area contributed by atoms with Gasteiger partial charge >= 0.3 is 12.2 Å². The predicted octanol–water partition coefficient (Wildman–Crippen LogP) is 4.23. The summed E-state index contributed by atoms with van der Waals surface area (Å²) in [6, 6.07) is 2.10. The number of carbonyl (C=O) groups excluding carboxylic acids is 1. The Bertz CT molecular complexity index is 1030. The molecule has 172 valence electrons. The van der Waals surface area contributed by atoms with E-state index in [0.29, 0.717) is 43.6 Å². The monoisotopic (exact) mass is 473 g/mol. The topological polar surface area (TPSA) is 70.6 Å². The van der Waals surface area contributed by atoms with E-state index in [-0.39, 0.29) is 35.8 Å². The molecular formula is C20H20ClF4N5O2. The van der Waals surface area contributed by atoms with Crippen molar-refractivity contribution in [1.82, 2.24) is 19.8 Å². The molecule has 32 heavy (non-hydrogen) atoms. The molecule has 1 atom stereocenters. The zero-order valence-corrected chi connectivity index (χ0v) is 17.8. The molecule has 1 aromatic carbocycles. The van der Waals surface area contributed by atoms with Gasteiger partial charge in [-0.1, -0.05) is 12.1 Å². The molecule has 7 nitrogen and oxygen atoms in total. The molecule has 2 aliphatic rings. The Balaban J connectivity index is 1.57. The van der Waals surface area contributed by atoms with Crippen molar-refractivity contribution in [2.45, 2.75) is 32.2 Å². The first-order valence-electron chi connectivity index (χ1n) is 9.94. The SMILES string of the molecule is C[C@@H](Nc1nc(Cl)nc2c1CN(C(=O)N1CCOCC1)C2)c1cccc(C(F)(F)F)c1F. The van der Waals surface area contributed by atoms with Crippen LogP contribution >= 0.6 is 11.6 Å². The Morgan fingerprint density at radius 1 is 1.19 bits per heavy atom. The van der Waals surface area contributed by atoms with Gasteiger partial charge in [0.15, 0.2) is 0 Å². The number of anilines is 1. The fraction of sp³-hybridized carbons (Fsp3) is 0.450. The van der Waals surface area contributed by atoms with Crippen LogP contribution < -0.4 is 5.32 Å². The van der Waals surface area contributed by atoms with Crippen molar-refractivity contribution in [3.8, 4) is 0 Å². The molecule has 0 aliphatic carbocycles. The van der Waals surface area contributed by atoms with E-state index in [4.69, 9.17) is 16.3 Å². The first kappa shape index (κ1) is 22.5. The largest absolute Gasteiger partial charge is 0.419 e. The van der Waals surface area contributed by atoms with Crippen molar-refractivity contribution in [2.75, 3.05) is 31.6 Å². The second kappa shape index (κ2) is 8.70. The number of amides is 2. The smallest absolute Gasteiger partial charge is 0.378 e. The van der Waals surface area contributed by atoms with Crippen molar-refractivity contribution in [3.05, 3.63) is 51.7 Å². The molecule has 0 radical (unpaired) electrons. The summed E-state index contributed by atoms with van der Waals surface area (Å²) in [5.41, 5.74) is -0.375. The molecule has 2 aliphatic heterocycles. The van der Waals surface area contributed by atoms with Crippen molar-refractivity contribution in [1.29, 1.82) is 0 Å². The van der Waals surface area contributed by atoms with E-state index in [2.05, 4.69) is 15.3 Å². The van der Waals surface area contributed by atoms with Crippen LogP contribution in [0.2, 0.25) is 5.28 Å². The van der Waals surface area contributed by atoms with E-state index in [0.717, 1.165) is 6.07 Å². The molecule has 3 heterocycles. The van der Waals surface area contributed by atoms with Crippen LogP contribution in [0.5, 0.6) is 0 Å². The lowest BCUT2D eigenvalue weighted by atomic mass is 10.0. The Hall–Kier alpha value is -2.66. The van der Waals surface area contributed by atoms with E-state index in [1.54, 1.807) is 9.80 Å². The highest BCUT2D eigenvalue weighted by molar-refractivity contribution is 6.28. The van der Waals surface area contributed by atoms with E-state index in [1.165, 1.54) is 13.0 Å². The molecule has 0 saturated carbocycles. The molecular weight excluding hydrogens is 454 g/mol. The lowest BCUT2D eigenvalue weighted by Crippen LogP contribution is -2.46. The Morgan fingerprint density at radius 3 is 2.59 bits per heavy atom. The van der Waals surface area contributed by atoms with Crippen LogP contribution in [0, 0.1) is 5.82 Å². The molecule has 4 rings (SSSR count). The van der Waals surface area contributed by atoms with Crippen LogP contribution in [-0.2, 0) is 24.0 Å². The molecule has 1 aromatic heterocycles. The van der Waals surface area contributed by atoms with Gasteiger partial charge in [-0.25, -0.2) is 19.2 Å². The van der Waals surface area contributed by atoms with Crippen molar-refractivity contribution < 1.29 is 27.1 Å². The highest BCUT2D eigenvalue weighted by Crippen LogP contribution is 2.36. The maximum absolute atomic E-state index is 14.6. The molecule has 12 heteroatoms. The van der Waals surface area contributed by atoms with Gasteiger partial charge in [0.05, 0.1) is 43.6 Å². The van der Waals surface area contributed by atoms with Gasteiger partial charge in [0.25, 0.3) is 0 Å². The summed E-state index contributed by atoms with van der Waals surface area (Å²) >= 11 is 6.03. The molecule has 1 saturated heterocycles. The molecule has 0 bridgehead atoms. The average Bonchev–Trinajstić information content (AvgIpc) is 3.17. The number of halogens is 5. The van der Waals surface area contributed by atoms with E-state index >= 15 is 0 Å². The first-order chi connectivity index (χ1) is 15.1. The van der Waals surface area contributed by atoms with E-state index < -0.39 is 23.6 Å². The van der Waals surface area contributed by atoms with Gasteiger partial charge < -0.3 is 19.9 Å². The second-order valence-electron chi connectivity index (χ2n) is 7.58. The normalized spacial score (nSPS) is 17.3. The first-order valence-corrected chi connectivity index (χ1v) is 10.3. The van der Waals surface area contributed by atoms with Gasteiger partial charge in [0.1, 0.15) is 11.6 Å². The molecule has 0 unspecified atom stereocenters. The standard InChI is InChI=1S/C20H20ClF4N5O2/c1-11(12-3-2-4-14(16(12)22)20(23,24)25)26-17-13-9-30(10-15(13)27-18(21)28-17)19(31)29-5-7-32-8-6-29/h2-4,11H,5-10H2,1H3,(H,26,27,28)/t11-/m1/s1. The molecule has 2 aromatic rings. The quantitative estimate of drug-likeness (QED) is 0.533. The van der Waals surface area contributed by atoms with Crippen molar-refractivity contribution >= 4 is 23.4 Å². The maximum Gasteiger partial charge on any atom is 0.419 e. The Morgan fingerprint density at radius 2 is 1.91 bits per heavy atom. The highest BCUT2D eigenvalue weighted by atomic mass is 35.5. The number of ether oxygens (including phenoxy) is 1. The highest BCUT2D eigenvalue weighted by Gasteiger charge is 2.36. The molecule has 1 fully saturated rings. The van der Waals surface area contributed by atoms with Crippen molar-refractivity contribution in [3.63, 3.8) is 0 Å². The van der Waals surface area contributed by atoms with Crippen LogP contribution in [0.15, 0.2) is 18.2 Å². The van der Waals surface area contributed by atoms with Crippen LogP contribution in [0.4, 0.5) is 28.2 Å². The number of fused-ring (bicyclic) bond motifs is 1. The summed E-state index contributed by atoms with van der Waals surface area (Å²) in [6.07, 6.45) is -4.81.